The molecule has 0 amide bonds. The van der Waals surface area contributed by atoms with E-state index in [0.29, 0.717) is 5.54 Å². The number of nitrogens with one attached hydrogen (secondary N) is 1. The predicted molar refractivity (Wildman–Crippen MR) is 40.4 cm³/mol. The highest BCUT2D eigenvalue weighted by Gasteiger charge is 2.10. The van der Waals surface area contributed by atoms with Crippen LogP contribution in [0.4, 0.5) is 0 Å². The first-order valence-electron chi connectivity index (χ1n) is 3.00. The topological polar surface area (TPSA) is 12.0 Å². The Kier molecular flexibility index (Phi) is 5.83. The van der Waals surface area contributed by atoms with Crippen molar-refractivity contribution in [1.82, 2.24) is 4.98 Å². The van der Waals surface area contributed by atoms with E-state index in [1.54, 1.807) is 0 Å². The zero-order valence-corrected chi connectivity index (χ0v) is 8.63. The van der Waals surface area contributed by atoms with E-state index in [4.69, 9.17) is 0 Å². The summed E-state index contributed by atoms with van der Waals surface area (Å²) in [7, 11) is -0.242. The first kappa shape index (κ1) is 12.2. The SMILES string of the molecule is C[Si](C)NC(C)(C)C.[Cl-]. The van der Waals surface area contributed by atoms with Crippen molar-refractivity contribution in [2.45, 2.75) is 39.4 Å². The molecule has 0 aromatic rings. The summed E-state index contributed by atoms with van der Waals surface area (Å²) in [5, 5.41) is 0. The third-order valence-electron chi connectivity index (χ3n) is 0.625. The Morgan fingerprint density at radius 2 is 1.44 bits per heavy atom. The van der Waals surface area contributed by atoms with Gasteiger partial charge in [0.2, 0.25) is 0 Å². The number of rotatable bonds is 1. The highest BCUT2D eigenvalue weighted by atomic mass is 35.5. The molecule has 0 unspecified atom stereocenters. The molecule has 0 heterocycles. The fourth-order valence-corrected chi connectivity index (χ4v) is 2.25. The van der Waals surface area contributed by atoms with E-state index in [1.165, 1.54) is 0 Å². The third-order valence-corrected chi connectivity index (χ3v) is 1.88. The molecular weight excluding hydrogens is 150 g/mol. The molecule has 0 atom stereocenters. The van der Waals surface area contributed by atoms with Gasteiger partial charge in [-0.3, -0.25) is 0 Å². The number of hydrogen-bond acceptors (Lipinski definition) is 1. The lowest BCUT2D eigenvalue weighted by Crippen LogP contribution is -3.00. The summed E-state index contributed by atoms with van der Waals surface area (Å²) in [6, 6.07) is 0. The van der Waals surface area contributed by atoms with Crippen LogP contribution in [0.5, 0.6) is 0 Å². The predicted octanol–water partition coefficient (Wildman–Crippen LogP) is -1.37. The molecule has 57 valence electrons. The van der Waals surface area contributed by atoms with Gasteiger partial charge in [0.15, 0.2) is 0 Å². The number of halogens is 1. The largest absolute Gasteiger partial charge is 1.00 e. The summed E-state index contributed by atoms with van der Waals surface area (Å²) in [5.41, 5.74) is 0.317. The molecule has 0 aromatic heterocycles. The van der Waals surface area contributed by atoms with Gasteiger partial charge in [-0.25, -0.2) is 0 Å². The third kappa shape index (κ3) is 11.8. The van der Waals surface area contributed by atoms with Gasteiger partial charge in [0.25, 0.3) is 0 Å². The maximum Gasteiger partial charge on any atom is 0.127 e. The van der Waals surface area contributed by atoms with Crippen LogP contribution in [0, 0.1) is 0 Å². The van der Waals surface area contributed by atoms with Gasteiger partial charge in [0.05, 0.1) is 0 Å². The first-order chi connectivity index (χ1) is 3.42. The molecule has 0 aliphatic rings. The van der Waals surface area contributed by atoms with E-state index in [1.807, 2.05) is 0 Å². The Morgan fingerprint density at radius 1 is 1.11 bits per heavy atom. The van der Waals surface area contributed by atoms with Crippen molar-refractivity contribution >= 4 is 8.96 Å². The molecule has 0 aliphatic heterocycles. The Hall–Kier alpha value is 0.467. The van der Waals surface area contributed by atoms with Gasteiger partial charge < -0.3 is 17.4 Å². The average molecular weight is 166 g/mol. The molecule has 0 aromatic carbocycles. The minimum atomic E-state index is -0.242. The fourth-order valence-electron chi connectivity index (χ4n) is 0.750. The summed E-state index contributed by atoms with van der Waals surface area (Å²) in [6.45, 7) is 11.1. The van der Waals surface area contributed by atoms with Gasteiger partial charge in [0.1, 0.15) is 8.96 Å². The van der Waals surface area contributed by atoms with E-state index >= 15 is 0 Å². The Bertz CT molecular complexity index is 67.9. The van der Waals surface area contributed by atoms with Crippen LogP contribution in [-0.4, -0.2) is 14.5 Å². The molecule has 1 N–H and O–H groups in total. The van der Waals surface area contributed by atoms with E-state index in [0.717, 1.165) is 0 Å². The van der Waals surface area contributed by atoms with E-state index in [2.05, 4.69) is 38.8 Å². The molecule has 0 bridgehead atoms. The zero-order chi connectivity index (χ0) is 6.78. The van der Waals surface area contributed by atoms with Gasteiger partial charge in [-0.05, 0) is 20.8 Å². The van der Waals surface area contributed by atoms with E-state index < -0.39 is 0 Å². The van der Waals surface area contributed by atoms with Gasteiger partial charge in [0, 0.05) is 5.54 Å². The van der Waals surface area contributed by atoms with Crippen LogP contribution < -0.4 is 17.4 Å². The summed E-state index contributed by atoms with van der Waals surface area (Å²) in [5.74, 6) is 0. The standard InChI is InChI=1S/C6H16NSi.ClH/c1-6(2,3)7-8(4)5;/h7H,1-5H3;1H/p-1. The van der Waals surface area contributed by atoms with Crippen LogP contribution in [0.1, 0.15) is 20.8 Å². The maximum atomic E-state index is 3.48. The first-order valence-corrected chi connectivity index (χ1v) is 5.50. The molecule has 0 aliphatic carbocycles. The van der Waals surface area contributed by atoms with Crippen molar-refractivity contribution in [1.29, 1.82) is 0 Å². The second-order valence-corrected chi connectivity index (χ2v) is 5.62. The zero-order valence-electron chi connectivity index (χ0n) is 6.88. The normalized spacial score (nSPS) is 11.3. The number of hydrogen-bond donors (Lipinski definition) is 1. The van der Waals surface area contributed by atoms with Crippen LogP contribution >= 0.6 is 0 Å². The van der Waals surface area contributed by atoms with E-state index in [9.17, 15) is 0 Å². The van der Waals surface area contributed by atoms with Crippen molar-refractivity contribution < 1.29 is 12.4 Å². The van der Waals surface area contributed by atoms with Crippen LogP contribution in [0.2, 0.25) is 13.1 Å². The molecule has 9 heavy (non-hydrogen) atoms. The highest BCUT2D eigenvalue weighted by Crippen LogP contribution is 1.98. The molecule has 0 spiro atoms. The molecule has 0 saturated carbocycles. The monoisotopic (exact) mass is 165 g/mol. The van der Waals surface area contributed by atoms with Crippen molar-refractivity contribution in [2.24, 2.45) is 0 Å². The molecular formula is C6H16ClNSi-. The summed E-state index contributed by atoms with van der Waals surface area (Å²) in [6.07, 6.45) is 0. The van der Waals surface area contributed by atoms with Gasteiger partial charge in [-0.2, -0.15) is 0 Å². The highest BCUT2D eigenvalue weighted by molar-refractivity contribution is 6.53. The van der Waals surface area contributed by atoms with E-state index in [-0.39, 0.29) is 21.4 Å². The van der Waals surface area contributed by atoms with Crippen molar-refractivity contribution in [3.05, 3.63) is 0 Å². The second-order valence-electron chi connectivity index (χ2n) is 3.38. The summed E-state index contributed by atoms with van der Waals surface area (Å²) >= 11 is 0. The lowest BCUT2D eigenvalue weighted by Gasteiger charge is -2.22. The fraction of sp³-hybridized carbons (Fsp3) is 1.00. The smallest absolute Gasteiger partial charge is 0.127 e. The Balaban J connectivity index is 0. The minimum absolute atomic E-state index is 0. The molecule has 0 saturated heterocycles. The van der Waals surface area contributed by atoms with Crippen molar-refractivity contribution in [3.63, 3.8) is 0 Å². The summed E-state index contributed by atoms with van der Waals surface area (Å²) < 4.78 is 0. The van der Waals surface area contributed by atoms with Crippen LogP contribution in [0.15, 0.2) is 0 Å². The Morgan fingerprint density at radius 3 is 1.44 bits per heavy atom. The summed E-state index contributed by atoms with van der Waals surface area (Å²) in [4.78, 5) is 3.48. The van der Waals surface area contributed by atoms with Crippen LogP contribution in [-0.2, 0) is 0 Å². The molecule has 3 heteroatoms. The minimum Gasteiger partial charge on any atom is -1.00 e. The second kappa shape index (κ2) is 4.31. The molecule has 1 nitrogen and oxygen atoms in total. The lowest BCUT2D eigenvalue weighted by atomic mass is 10.1. The quantitative estimate of drug-likeness (QED) is 0.473. The van der Waals surface area contributed by atoms with Gasteiger partial charge in [-0.15, -0.1) is 0 Å². The van der Waals surface area contributed by atoms with Gasteiger partial charge in [-0.1, -0.05) is 13.1 Å². The lowest BCUT2D eigenvalue weighted by molar-refractivity contribution is -0.00000285. The Labute approximate surface area is 66.3 Å². The van der Waals surface area contributed by atoms with Crippen molar-refractivity contribution in [2.75, 3.05) is 0 Å². The molecule has 0 fully saturated rings. The molecule has 0 rings (SSSR count). The van der Waals surface area contributed by atoms with Gasteiger partial charge >= 0.3 is 0 Å². The maximum absolute atomic E-state index is 3.48. The van der Waals surface area contributed by atoms with Crippen LogP contribution in [0.3, 0.4) is 0 Å². The average Bonchev–Trinajstić information content (AvgIpc) is 1.21. The van der Waals surface area contributed by atoms with Crippen LogP contribution in [0.25, 0.3) is 0 Å². The van der Waals surface area contributed by atoms with Crippen molar-refractivity contribution in [3.8, 4) is 0 Å². The molecule has 1 radical (unpaired) electrons.